The first-order chi connectivity index (χ1) is 17.4. The van der Waals surface area contributed by atoms with Crippen molar-refractivity contribution in [1.29, 1.82) is 0 Å². The number of carbonyl (C=O) groups is 3. The van der Waals surface area contributed by atoms with Gasteiger partial charge in [-0.25, -0.2) is 4.79 Å². The molecule has 0 saturated carbocycles. The van der Waals surface area contributed by atoms with Crippen molar-refractivity contribution in [1.82, 2.24) is 19.7 Å². The number of anilines is 1. The van der Waals surface area contributed by atoms with E-state index in [2.05, 4.69) is 15.5 Å². The first-order valence-corrected chi connectivity index (χ1v) is 13.3. The van der Waals surface area contributed by atoms with Crippen molar-refractivity contribution in [3.05, 3.63) is 50.1 Å². The minimum absolute atomic E-state index is 0.0108. The molecule has 1 aromatic carbocycles. The average molecular weight is 566 g/mol. The van der Waals surface area contributed by atoms with Crippen molar-refractivity contribution in [3.63, 3.8) is 0 Å². The first kappa shape index (κ1) is 28.5. The first-order valence-electron chi connectivity index (χ1n) is 11.1. The fourth-order valence-electron chi connectivity index (χ4n) is 3.38. The Morgan fingerprint density at radius 1 is 1.16 bits per heavy atom. The summed E-state index contributed by atoms with van der Waals surface area (Å²) in [5, 5.41) is 12.5. The highest BCUT2D eigenvalue weighted by Gasteiger charge is 2.27. The molecule has 3 rings (SSSR count). The summed E-state index contributed by atoms with van der Waals surface area (Å²) >= 11 is 8.44. The van der Waals surface area contributed by atoms with Crippen molar-refractivity contribution in [2.24, 2.45) is 7.05 Å². The number of ether oxygens (including phenoxy) is 2. The number of esters is 1. The minimum Gasteiger partial charge on any atom is -0.486 e. The Kier molecular flexibility index (Phi) is 9.21. The van der Waals surface area contributed by atoms with E-state index in [-0.39, 0.29) is 34.7 Å². The molecule has 0 saturated heterocycles. The molecule has 1 N–H and O–H groups in total. The number of hydrogen-bond acceptors (Lipinski definition) is 9. The maximum atomic E-state index is 12.7. The Bertz CT molecular complexity index is 1330. The SMILES string of the molecule is COC(=O)c1c(NC(=O)CSc2nnc(COc3cc(C)c(Cl)c(C)c3)n2C)sc(C(=O)N(C)C)c1C. The van der Waals surface area contributed by atoms with Gasteiger partial charge in [-0.2, -0.15) is 0 Å². The maximum absolute atomic E-state index is 12.7. The highest BCUT2D eigenvalue weighted by molar-refractivity contribution is 7.99. The smallest absolute Gasteiger partial charge is 0.341 e. The van der Waals surface area contributed by atoms with Crippen LogP contribution in [0.25, 0.3) is 0 Å². The number of carbonyl (C=O) groups excluding carboxylic acids is 3. The average Bonchev–Trinajstić information content (AvgIpc) is 3.37. The summed E-state index contributed by atoms with van der Waals surface area (Å²) < 4.78 is 12.5. The number of benzene rings is 1. The van der Waals surface area contributed by atoms with Gasteiger partial charge in [0.1, 0.15) is 17.4 Å². The van der Waals surface area contributed by atoms with E-state index in [4.69, 9.17) is 21.1 Å². The molecule has 2 amide bonds. The second-order valence-corrected chi connectivity index (χ2v) is 10.7. The molecule has 0 unspecified atom stereocenters. The summed E-state index contributed by atoms with van der Waals surface area (Å²) in [5.74, 6) is 0.0151. The van der Waals surface area contributed by atoms with Crippen LogP contribution in [-0.2, 0) is 23.2 Å². The van der Waals surface area contributed by atoms with Gasteiger partial charge < -0.3 is 24.3 Å². The zero-order valence-electron chi connectivity index (χ0n) is 21.6. The van der Waals surface area contributed by atoms with Crippen LogP contribution in [0.2, 0.25) is 5.02 Å². The van der Waals surface area contributed by atoms with Crippen LogP contribution in [0.5, 0.6) is 5.75 Å². The van der Waals surface area contributed by atoms with Crippen molar-refractivity contribution >= 4 is 57.5 Å². The molecule has 0 fully saturated rings. The van der Waals surface area contributed by atoms with E-state index >= 15 is 0 Å². The third-order valence-electron chi connectivity index (χ3n) is 5.43. The Labute approximate surface area is 228 Å². The number of nitrogens with zero attached hydrogens (tertiary/aromatic N) is 4. The van der Waals surface area contributed by atoms with Gasteiger partial charge in [0, 0.05) is 26.2 Å². The van der Waals surface area contributed by atoms with E-state index in [1.165, 1.54) is 23.8 Å². The van der Waals surface area contributed by atoms with Crippen molar-refractivity contribution in [2.45, 2.75) is 32.5 Å². The summed E-state index contributed by atoms with van der Waals surface area (Å²) in [4.78, 5) is 39.3. The van der Waals surface area contributed by atoms with Gasteiger partial charge in [-0.1, -0.05) is 23.4 Å². The molecule has 13 heteroatoms. The lowest BCUT2D eigenvalue weighted by Crippen LogP contribution is -2.21. The van der Waals surface area contributed by atoms with E-state index in [1.54, 1.807) is 32.6 Å². The quantitative estimate of drug-likeness (QED) is 0.302. The molecule has 0 aliphatic carbocycles. The van der Waals surface area contributed by atoms with Crippen molar-refractivity contribution < 1.29 is 23.9 Å². The van der Waals surface area contributed by atoms with Crippen molar-refractivity contribution in [2.75, 3.05) is 32.3 Å². The molecule has 0 aliphatic heterocycles. The molecular weight excluding hydrogens is 538 g/mol. The Balaban J connectivity index is 1.66. The minimum atomic E-state index is -0.626. The topological polar surface area (TPSA) is 116 Å². The number of halogens is 1. The van der Waals surface area contributed by atoms with E-state index < -0.39 is 5.97 Å². The lowest BCUT2D eigenvalue weighted by molar-refractivity contribution is -0.113. The van der Waals surface area contributed by atoms with Crippen molar-refractivity contribution in [3.8, 4) is 5.75 Å². The number of methoxy groups -OCH3 is 1. The van der Waals surface area contributed by atoms with Gasteiger partial charge >= 0.3 is 5.97 Å². The highest BCUT2D eigenvalue weighted by Crippen LogP contribution is 2.34. The van der Waals surface area contributed by atoms with Gasteiger partial charge in [0.15, 0.2) is 11.0 Å². The van der Waals surface area contributed by atoms with Crippen LogP contribution in [0.4, 0.5) is 5.00 Å². The fraction of sp³-hybridized carbons (Fsp3) is 0.375. The van der Waals surface area contributed by atoms with Crippen LogP contribution in [0.1, 0.15) is 42.5 Å². The van der Waals surface area contributed by atoms with Gasteiger partial charge in [-0.3, -0.25) is 9.59 Å². The molecule has 2 heterocycles. The highest BCUT2D eigenvalue weighted by atomic mass is 35.5. The molecule has 0 bridgehead atoms. The molecule has 3 aromatic rings. The number of thiophene rings is 1. The second kappa shape index (κ2) is 12.0. The number of rotatable bonds is 9. The lowest BCUT2D eigenvalue weighted by Gasteiger charge is -2.10. The van der Waals surface area contributed by atoms with Crippen LogP contribution in [0.15, 0.2) is 17.3 Å². The van der Waals surface area contributed by atoms with E-state index in [0.29, 0.717) is 32.2 Å². The lowest BCUT2D eigenvalue weighted by atomic mass is 10.1. The standard InChI is InChI=1S/C24H28ClN5O5S2/c1-12-8-15(9-13(2)19(12)25)35-10-16-27-28-24(30(16)6)36-11-17(31)26-21-18(23(33)34-7)14(3)20(37-21)22(32)29(4)5/h8-9H,10-11H2,1-7H3,(H,26,31). The molecule has 0 aliphatic rings. The Morgan fingerprint density at radius 2 is 1.81 bits per heavy atom. The number of hydrogen-bond donors (Lipinski definition) is 1. The summed E-state index contributed by atoms with van der Waals surface area (Å²) in [7, 11) is 6.27. The summed E-state index contributed by atoms with van der Waals surface area (Å²) in [6, 6.07) is 3.72. The number of thioether (sulfide) groups is 1. The van der Waals surface area contributed by atoms with E-state index in [9.17, 15) is 14.4 Å². The van der Waals surface area contributed by atoms with E-state index in [0.717, 1.165) is 22.5 Å². The van der Waals surface area contributed by atoms with Crippen LogP contribution >= 0.6 is 34.7 Å². The van der Waals surface area contributed by atoms with Crippen LogP contribution < -0.4 is 10.1 Å². The summed E-state index contributed by atoms with van der Waals surface area (Å²) in [6.07, 6.45) is 0. The van der Waals surface area contributed by atoms with Gasteiger partial charge in [-0.15, -0.1) is 21.5 Å². The number of nitrogens with one attached hydrogen (secondary N) is 1. The van der Waals surface area contributed by atoms with Gasteiger partial charge in [0.05, 0.1) is 23.3 Å². The van der Waals surface area contributed by atoms with Crippen LogP contribution in [0.3, 0.4) is 0 Å². The van der Waals surface area contributed by atoms with Crippen LogP contribution in [0, 0.1) is 20.8 Å². The molecule has 0 atom stereocenters. The van der Waals surface area contributed by atoms with Gasteiger partial charge in [0.25, 0.3) is 5.91 Å². The Hall–Kier alpha value is -3.09. The third kappa shape index (κ3) is 6.43. The molecule has 0 spiro atoms. The second-order valence-electron chi connectivity index (χ2n) is 8.41. The summed E-state index contributed by atoms with van der Waals surface area (Å²) in [5.41, 5.74) is 2.47. The predicted molar refractivity (Wildman–Crippen MR) is 144 cm³/mol. The third-order valence-corrected chi connectivity index (χ3v) is 8.24. The summed E-state index contributed by atoms with van der Waals surface area (Å²) in [6.45, 7) is 5.67. The normalized spacial score (nSPS) is 10.8. The number of aryl methyl sites for hydroxylation is 2. The maximum Gasteiger partial charge on any atom is 0.341 e. The van der Waals surface area contributed by atoms with E-state index in [1.807, 2.05) is 26.0 Å². The van der Waals surface area contributed by atoms with Crippen LogP contribution in [-0.4, -0.2) is 64.4 Å². The largest absolute Gasteiger partial charge is 0.486 e. The monoisotopic (exact) mass is 565 g/mol. The van der Waals surface area contributed by atoms with Gasteiger partial charge in [-0.05, 0) is 49.6 Å². The molecular formula is C24H28ClN5O5S2. The molecule has 37 heavy (non-hydrogen) atoms. The number of amides is 2. The zero-order valence-corrected chi connectivity index (χ0v) is 24.0. The molecule has 198 valence electrons. The van der Waals surface area contributed by atoms with Gasteiger partial charge in [0.2, 0.25) is 5.91 Å². The molecule has 2 aromatic heterocycles. The number of aromatic nitrogens is 3. The fourth-order valence-corrected chi connectivity index (χ4v) is 5.45. The Morgan fingerprint density at radius 3 is 2.41 bits per heavy atom. The zero-order chi connectivity index (χ0) is 27.4. The predicted octanol–water partition coefficient (Wildman–Crippen LogP) is 4.25. The molecule has 0 radical (unpaired) electrons. The molecule has 10 nitrogen and oxygen atoms in total.